The number of methoxy groups -OCH3 is 1. The third kappa shape index (κ3) is 3.77. The topological polar surface area (TPSA) is 55.4 Å². The van der Waals surface area contributed by atoms with Gasteiger partial charge in [-0.1, -0.05) is 46.9 Å². The number of halogens is 3. The lowest BCUT2D eigenvalue weighted by Crippen LogP contribution is -2.27. The molecule has 0 spiro atoms. The largest absolute Gasteiger partial charge is 0.465 e. The van der Waals surface area contributed by atoms with Crippen LogP contribution in [0.2, 0.25) is 0 Å². The van der Waals surface area contributed by atoms with Crippen molar-refractivity contribution in [2.24, 2.45) is 0 Å². The molecule has 1 aromatic rings. The molecule has 0 aliphatic rings. The standard InChI is InChI=1S/C10H8Cl3NO3/c1-17-8(15)6-4-2-3-5-7(6)14-9(16)10(11,12)13/h2-5H,1H3,(H,14,16). The molecule has 0 aromatic heterocycles. The summed E-state index contributed by atoms with van der Waals surface area (Å²) in [7, 11) is 1.23. The summed E-state index contributed by atoms with van der Waals surface area (Å²) in [6.07, 6.45) is 0. The van der Waals surface area contributed by atoms with Gasteiger partial charge in [0.15, 0.2) is 0 Å². The van der Waals surface area contributed by atoms with Gasteiger partial charge in [0.05, 0.1) is 18.4 Å². The molecule has 1 rings (SSSR count). The number of carbonyl (C=O) groups excluding carboxylic acids is 2. The highest BCUT2D eigenvalue weighted by molar-refractivity contribution is 6.76. The van der Waals surface area contributed by atoms with Gasteiger partial charge in [-0.2, -0.15) is 0 Å². The van der Waals surface area contributed by atoms with E-state index in [1.807, 2.05) is 0 Å². The molecular weight excluding hydrogens is 288 g/mol. The van der Waals surface area contributed by atoms with E-state index in [2.05, 4.69) is 10.1 Å². The molecule has 0 fully saturated rings. The molecule has 0 heterocycles. The monoisotopic (exact) mass is 295 g/mol. The molecule has 0 unspecified atom stereocenters. The number of amides is 1. The fraction of sp³-hybridized carbons (Fsp3) is 0.200. The Bertz CT molecular complexity index is 443. The molecular formula is C10H8Cl3NO3. The number of hydrogen-bond acceptors (Lipinski definition) is 3. The number of alkyl halides is 3. The molecule has 1 aromatic carbocycles. The maximum atomic E-state index is 11.4. The van der Waals surface area contributed by atoms with Crippen LogP contribution in [0.15, 0.2) is 24.3 Å². The second kappa shape index (κ2) is 5.58. The minimum Gasteiger partial charge on any atom is -0.465 e. The van der Waals surface area contributed by atoms with Gasteiger partial charge in [-0.25, -0.2) is 4.79 Å². The van der Waals surface area contributed by atoms with Gasteiger partial charge in [0.1, 0.15) is 0 Å². The average molecular weight is 297 g/mol. The normalized spacial score (nSPS) is 10.8. The average Bonchev–Trinajstić information content (AvgIpc) is 2.27. The number of nitrogens with one attached hydrogen (secondary N) is 1. The number of ether oxygens (including phenoxy) is 1. The van der Waals surface area contributed by atoms with E-state index in [0.717, 1.165) is 0 Å². The van der Waals surface area contributed by atoms with Crippen LogP contribution in [0.4, 0.5) is 5.69 Å². The first-order chi connectivity index (χ1) is 7.86. The first-order valence-corrected chi connectivity index (χ1v) is 5.55. The number of benzene rings is 1. The van der Waals surface area contributed by atoms with E-state index in [0.29, 0.717) is 0 Å². The number of anilines is 1. The van der Waals surface area contributed by atoms with Crippen LogP contribution in [0, 0.1) is 0 Å². The fourth-order valence-corrected chi connectivity index (χ4v) is 1.21. The van der Waals surface area contributed by atoms with Crippen molar-refractivity contribution >= 4 is 52.4 Å². The Morgan fingerprint density at radius 1 is 1.24 bits per heavy atom. The van der Waals surface area contributed by atoms with Gasteiger partial charge in [-0.3, -0.25) is 4.79 Å². The number of rotatable bonds is 2. The Hall–Kier alpha value is -0.970. The van der Waals surface area contributed by atoms with Crippen LogP contribution in [-0.4, -0.2) is 22.8 Å². The van der Waals surface area contributed by atoms with Crippen molar-refractivity contribution in [1.29, 1.82) is 0 Å². The summed E-state index contributed by atoms with van der Waals surface area (Å²) < 4.78 is 2.46. The van der Waals surface area contributed by atoms with E-state index < -0.39 is 15.7 Å². The summed E-state index contributed by atoms with van der Waals surface area (Å²) in [5.41, 5.74) is 0.397. The Morgan fingerprint density at radius 2 is 1.82 bits per heavy atom. The Kier molecular flexibility index (Phi) is 4.62. The molecule has 92 valence electrons. The summed E-state index contributed by atoms with van der Waals surface area (Å²) >= 11 is 16.2. The van der Waals surface area contributed by atoms with Crippen LogP contribution in [0.1, 0.15) is 10.4 Å². The number of carbonyl (C=O) groups is 2. The highest BCUT2D eigenvalue weighted by Gasteiger charge is 2.31. The lowest BCUT2D eigenvalue weighted by Gasteiger charge is -2.13. The lowest BCUT2D eigenvalue weighted by atomic mass is 10.2. The minimum absolute atomic E-state index is 0.178. The van der Waals surface area contributed by atoms with Gasteiger partial charge < -0.3 is 10.1 Å². The van der Waals surface area contributed by atoms with Crippen LogP contribution in [0.3, 0.4) is 0 Å². The maximum absolute atomic E-state index is 11.4. The SMILES string of the molecule is COC(=O)c1ccccc1NC(=O)C(Cl)(Cl)Cl. The van der Waals surface area contributed by atoms with E-state index in [4.69, 9.17) is 34.8 Å². The van der Waals surface area contributed by atoms with Crippen molar-refractivity contribution in [3.8, 4) is 0 Å². The summed E-state index contributed by atoms with van der Waals surface area (Å²) in [5.74, 6) is -1.44. The molecule has 1 N–H and O–H groups in total. The van der Waals surface area contributed by atoms with E-state index >= 15 is 0 Å². The van der Waals surface area contributed by atoms with Gasteiger partial charge in [-0.05, 0) is 12.1 Å². The zero-order valence-electron chi connectivity index (χ0n) is 8.67. The molecule has 0 radical (unpaired) electrons. The van der Waals surface area contributed by atoms with Gasteiger partial charge in [0, 0.05) is 0 Å². The van der Waals surface area contributed by atoms with Crippen molar-refractivity contribution in [2.75, 3.05) is 12.4 Å². The second-order valence-corrected chi connectivity index (χ2v) is 5.27. The number of hydrogen-bond donors (Lipinski definition) is 1. The Labute approximate surface area is 113 Å². The lowest BCUT2D eigenvalue weighted by molar-refractivity contribution is -0.115. The smallest absolute Gasteiger partial charge is 0.339 e. The molecule has 0 aliphatic carbocycles. The van der Waals surface area contributed by atoms with E-state index in [1.165, 1.54) is 19.2 Å². The highest BCUT2D eigenvalue weighted by Crippen LogP contribution is 2.28. The van der Waals surface area contributed by atoms with Crippen LogP contribution in [-0.2, 0) is 9.53 Å². The van der Waals surface area contributed by atoms with E-state index in [-0.39, 0.29) is 11.3 Å². The molecule has 0 saturated carbocycles. The van der Waals surface area contributed by atoms with Gasteiger partial charge in [0.2, 0.25) is 0 Å². The van der Waals surface area contributed by atoms with Crippen molar-refractivity contribution in [2.45, 2.75) is 3.79 Å². The summed E-state index contributed by atoms with van der Waals surface area (Å²) in [5, 5.41) is 2.33. The van der Waals surface area contributed by atoms with Crippen LogP contribution in [0.25, 0.3) is 0 Å². The first kappa shape index (κ1) is 14.1. The van der Waals surface area contributed by atoms with E-state index in [1.54, 1.807) is 12.1 Å². The van der Waals surface area contributed by atoms with Crippen LogP contribution in [0.5, 0.6) is 0 Å². The zero-order valence-corrected chi connectivity index (χ0v) is 10.9. The molecule has 4 nitrogen and oxygen atoms in total. The van der Waals surface area contributed by atoms with Crippen molar-refractivity contribution in [3.05, 3.63) is 29.8 Å². The zero-order chi connectivity index (χ0) is 13.1. The molecule has 0 atom stereocenters. The van der Waals surface area contributed by atoms with Crippen LogP contribution >= 0.6 is 34.8 Å². The molecule has 7 heteroatoms. The third-order valence-electron chi connectivity index (χ3n) is 1.84. The molecule has 0 saturated heterocycles. The summed E-state index contributed by atoms with van der Waals surface area (Å²) in [6, 6.07) is 6.23. The maximum Gasteiger partial charge on any atom is 0.339 e. The Balaban J connectivity index is 2.99. The molecule has 17 heavy (non-hydrogen) atoms. The number of para-hydroxylation sites is 1. The quantitative estimate of drug-likeness (QED) is 0.674. The van der Waals surface area contributed by atoms with Crippen molar-refractivity contribution in [3.63, 3.8) is 0 Å². The second-order valence-electron chi connectivity index (χ2n) is 2.99. The minimum atomic E-state index is -2.09. The van der Waals surface area contributed by atoms with Crippen LogP contribution < -0.4 is 5.32 Å². The Morgan fingerprint density at radius 3 is 2.35 bits per heavy atom. The van der Waals surface area contributed by atoms with Gasteiger partial charge in [-0.15, -0.1) is 0 Å². The molecule has 0 aliphatic heterocycles. The van der Waals surface area contributed by atoms with E-state index in [9.17, 15) is 9.59 Å². The fourth-order valence-electron chi connectivity index (χ4n) is 1.07. The molecule has 1 amide bonds. The predicted molar refractivity (Wildman–Crippen MR) is 66.7 cm³/mol. The van der Waals surface area contributed by atoms with Gasteiger partial charge in [0.25, 0.3) is 9.70 Å². The predicted octanol–water partition coefficient (Wildman–Crippen LogP) is 2.78. The summed E-state index contributed by atoms with van der Waals surface area (Å²) in [6.45, 7) is 0. The van der Waals surface area contributed by atoms with Crippen molar-refractivity contribution < 1.29 is 14.3 Å². The summed E-state index contributed by atoms with van der Waals surface area (Å²) in [4.78, 5) is 22.8. The van der Waals surface area contributed by atoms with Crippen molar-refractivity contribution in [1.82, 2.24) is 0 Å². The first-order valence-electron chi connectivity index (χ1n) is 4.41. The third-order valence-corrected chi connectivity index (χ3v) is 2.35. The number of esters is 1. The highest BCUT2D eigenvalue weighted by atomic mass is 35.6. The molecule has 0 bridgehead atoms. The van der Waals surface area contributed by atoms with Gasteiger partial charge >= 0.3 is 5.97 Å².